The van der Waals surface area contributed by atoms with E-state index in [9.17, 15) is 0 Å². The van der Waals surface area contributed by atoms with E-state index in [-0.39, 0.29) is 0 Å². The summed E-state index contributed by atoms with van der Waals surface area (Å²) in [5, 5.41) is 3.67. The van der Waals surface area contributed by atoms with Crippen LogP contribution in [0.15, 0.2) is 22.7 Å². The van der Waals surface area contributed by atoms with Gasteiger partial charge in [-0.3, -0.25) is 0 Å². The Kier molecular flexibility index (Phi) is 3.48. The maximum absolute atomic E-state index is 5.34. The fourth-order valence-electron chi connectivity index (χ4n) is 3.09. The van der Waals surface area contributed by atoms with Gasteiger partial charge in [-0.1, -0.05) is 0 Å². The zero-order chi connectivity index (χ0) is 12.5. The molecule has 3 heterocycles. The second-order valence-electron chi connectivity index (χ2n) is 5.24. The van der Waals surface area contributed by atoms with Gasteiger partial charge in [0.15, 0.2) is 0 Å². The fourth-order valence-corrected chi connectivity index (χ4v) is 3.50. The lowest BCUT2D eigenvalue weighted by molar-refractivity contribution is 0.0975. The first-order valence-electron chi connectivity index (χ1n) is 6.58. The van der Waals surface area contributed by atoms with Crippen LogP contribution in [0.5, 0.6) is 5.75 Å². The third kappa shape index (κ3) is 2.36. The second-order valence-corrected chi connectivity index (χ2v) is 6.09. The van der Waals surface area contributed by atoms with Crippen molar-refractivity contribution in [1.29, 1.82) is 0 Å². The molecule has 1 aromatic rings. The highest BCUT2D eigenvalue weighted by atomic mass is 79.9. The molecule has 0 saturated carbocycles. The average Bonchev–Trinajstić information content (AvgIpc) is 2.42. The molecule has 18 heavy (non-hydrogen) atoms. The number of hydrogen-bond donors (Lipinski definition) is 1. The van der Waals surface area contributed by atoms with E-state index < -0.39 is 0 Å². The smallest absolute Gasteiger partial charge is 0.135 e. The number of nitrogens with zero attached hydrogens (tertiary/aromatic N) is 1. The minimum absolute atomic E-state index is 0.596. The van der Waals surface area contributed by atoms with Gasteiger partial charge in [-0.25, -0.2) is 0 Å². The van der Waals surface area contributed by atoms with Crippen molar-refractivity contribution in [1.82, 2.24) is 4.90 Å². The molecule has 0 radical (unpaired) electrons. The summed E-state index contributed by atoms with van der Waals surface area (Å²) < 4.78 is 6.34. The van der Waals surface area contributed by atoms with Crippen LogP contribution in [0.25, 0.3) is 0 Å². The van der Waals surface area contributed by atoms with Crippen LogP contribution in [0.4, 0.5) is 5.69 Å². The molecule has 98 valence electrons. The monoisotopic (exact) mass is 310 g/mol. The van der Waals surface area contributed by atoms with Gasteiger partial charge >= 0.3 is 0 Å². The van der Waals surface area contributed by atoms with Crippen molar-refractivity contribution in [2.75, 3.05) is 32.1 Å². The maximum Gasteiger partial charge on any atom is 0.135 e. The predicted molar refractivity (Wildman–Crippen MR) is 77.3 cm³/mol. The van der Waals surface area contributed by atoms with Crippen LogP contribution in [0.1, 0.15) is 12.8 Å². The van der Waals surface area contributed by atoms with Gasteiger partial charge in [0.1, 0.15) is 5.75 Å². The van der Waals surface area contributed by atoms with Crippen molar-refractivity contribution in [3.05, 3.63) is 22.7 Å². The summed E-state index contributed by atoms with van der Waals surface area (Å²) in [5.41, 5.74) is 1.16. The van der Waals surface area contributed by atoms with Crippen LogP contribution in [-0.4, -0.2) is 37.7 Å². The van der Waals surface area contributed by atoms with Gasteiger partial charge in [-0.05, 0) is 59.9 Å². The van der Waals surface area contributed by atoms with Gasteiger partial charge in [0.25, 0.3) is 0 Å². The summed E-state index contributed by atoms with van der Waals surface area (Å²) in [5.74, 6) is 1.73. The molecule has 4 heteroatoms. The molecule has 2 bridgehead atoms. The molecule has 3 saturated heterocycles. The highest BCUT2D eigenvalue weighted by Gasteiger charge is 2.33. The molecule has 3 aliphatic heterocycles. The fraction of sp³-hybridized carbons (Fsp3) is 0.571. The molecule has 3 aliphatic rings. The summed E-state index contributed by atoms with van der Waals surface area (Å²) in [4.78, 5) is 2.56. The van der Waals surface area contributed by atoms with Crippen molar-refractivity contribution >= 4 is 21.6 Å². The molecular formula is C14H19BrN2O. The van der Waals surface area contributed by atoms with Crippen molar-refractivity contribution in [3.8, 4) is 5.75 Å². The minimum Gasteiger partial charge on any atom is -0.495 e. The lowest BCUT2D eigenvalue weighted by Gasteiger charge is -2.45. The van der Waals surface area contributed by atoms with Gasteiger partial charge in [0.2, 0.25) is 0 Å². The van der Waals surface area contributed by atoms with E-state index in [2.05, 4.69) is 38.3 Å². The molecule has 4 rings (SSSR count). The Morgan fingerprint density at radius 3 is 2.72 bits per heavy atom. The molecule has 0 aliphatic carbocycles. The quantitative estimate of drug-likeness (QED) is 0.929. The van der Waals surface area contributed by atoms with E-state index in [4.69, 9.17) is 4.74 Å². The number of anilines is 1. The molecule has 0 aromatic heterocycles. The summed E-state index contributed by atoms with van der Waals surface area (Å²) >= 11 is 3.49. The number of ether oxygens (including phenoxy) is 1. The number of piperidine rings is 3. The lowest BCUT2D eigenvalue weighted by Crippen LogP contribution is -2.53. The number of fused-ring (bicyclic) bond motifs is 3. The van der Waals surface area contributed by atoms with Crippen molar-refractivity contribution in [3.63, 3.8) is 0 Å². The normalized spacial score (nSPS) is 30.2. The zero-order valence-corrected chi connectivity index (χ0v) is 12.2. The largest absolute Gasteiger partial charge is 0.495 e. The Morgan fingerprint density at radius 2 is 2.11 bits per heavy atom. The van der Waals surface area contributed by atoms with Gasteiger partial charge in [-0.2, -0.15) is 0 Å². The SMILES string of the molecule is COc1cc(NC2CN3CCC2CC3)ccc1Br. The molecule has 1 unspecified atom stereocenters. The Bertz CT molecular complexity index is 430. The Labute approximate surface area is 117 Å². The topological polar surface area (TPSA) is 24.5 Å². The van der Waals surface area contributed by atoms with Crippen molar-refractivity contribution in [2.45, 2.75) is 18.9 Å². The number of methoxy groups -OCH3 is 1. The number of rotatable bonds is 3. The van der Waals surface area contributed by atoms with E-state index in [1.54, 1.807) is 7.11 Å². The van der Waals surface area contributed by atoms with Crippen LogP contribution < -0.4 is 10.1 Å². The molecule has 3 fully saturated rings. The highest BCUT2D eigenvalue weighted by molar-refractivity contribution is 9.10. The number of hydrogen-bond acceptors (Lipinski definition) is 3. The number of nitrogens with one attached hydrogen (secondary N) is 1. The van der Waals surface area contributed by atoms with Gasteiger partial charge in [-0.15, -0.1) is 0 Å². The molecule has 3 nitrogen and oxygen atoms in total. The minimum atomic E-state index is 0.596. The zero-order valence-electron chi connectivity index (χ0n) is 10.7. The second kappa shape index (κ2) is 5.10. The summed E-state index contributed by atoms with van der Waals surface area (Å²) in [7, 11) is 1.71. The summed E-state index contributed by atoms with van der Waals surface area (Å²) in [6, 6.07) is 6.83. The van der Waals surface area contributed by atoms with E-state index in [1.165, 1.54) is 32.5 Å². The summed E-state index contributed by atoms with van der Waals surface area (Å²) in [6.45, 7) is 3.75. The molecule has 1 N–H and O–H groups in total. The number of halogens is 1. The van der Waals surface area contributed by atoms with Crippen LogP contribution in [0, 0.1) is 5.92 Å². The highest BCUT2D eigenvalue weighted by Crippen LogP contribution is 2.32. The standard InChI is InChI=1S/C14H19BrN2O/c1-18-14-8-11(2-3-12(14)15)16-13-9-17-6-4-10(13)5-7-17/h2-3,8,10,13,16H,4-7,9H2,1H3. The van der Waals surface area contributed by atoms with E-state index in [0.29, 0.717) is 6.04 Å². The first-order chi connectivity index (χ1) is 8.76. The molecule has 0 amide bonds. The van der Waals surface area contributed by atoms with E-state index in [0.717, 1.165) is 21.8 Å². The summed E-state index contributed by atoms with van der Waals surface area (Å²) in [6.07, 6.45) is 2.68. The van der Waals surface area contributed by atoms with Crippen molar-refractivity contribution in [2.24, 2.45) is 5.92 Å². The number of benzene rings is 1. The molecule has 0 spiro atoms. The first-order valence-corrected chi connectivity index (χ1v) is 7.38. The maximum atomic E-state index is 5.34. The third-order valence-corrected chi connectivity index (χ3v) is 4.81. The van der Waals surface area contributed by atoms with Crippen LogP contribution >= 0.6 is 15.9 Å². The van der Waals surface area contributed by atoms with E-state index in [1.807, 2.05) is 6.07 Å². The van der Waals surface area contributed by atoms with Crippen molar-refractivity contribution < 1.29 is 4.74 Å². The van der Waals surface area contributed by atoms with Gasteiger partial charge in [0.05, 0.1) is 11.6 Å². The molecule has 1 aromatic carbocycles. The average molecular weight is 311 g/mol. The van der Waals surface area contributed by atoms with E-state index >= 15 is 0 Å². The Morgan fingerprint density at radius 1 is 1.33 bits per heavy atom. The Balaban J connectivity index is 1.72. The van der Waals surface area contributed by atoms with Gasteiger partial charge in [0, 0.05) is 24.3 Å². The Hall–Kier alpha value is -0.740. The van der Waals surface area contributed by atoms with Crippen LogP contribution in [0.2, 0.25) is 0 Å². The predicted octanol–water partition coefficient (Wildman–Crippen LogP) is 2.96. The van der Waals surface area contributed by atoms with Gasteiger partial charge < -0.3 is 15.0 Å². The van der Waals surface area contributed by atoms with Crippen LogP contribution in [-0.2, 0) is 0 Å². The molecule has 1 atom stereocenters. The lowest BCUT2D eigenvalue weighted by atomic mass is 9.84. The van der Waals surface area contributed by atoms with Crippen LogP contribution in [0.3, 0.4) is 0 Å². The first kappa shape index (κ1) is 12.3. The molecular weight excluding hydrogens is 292 g/mol. The third-order valence-electron chi connectivity index (χ3n) is 4.16.